The van der Waals surface area contributed by atoms with Crippen molar-refractivity contribution in [2.45, 2.75) is 33.6 Å². The van der Waals surface area contributed by atoms with Crippen molar-refractivity contribution in [3.05, 3.63) is 58.9 Å². The molecule has 0 heterocycles. The lowest BCUT2D eigenvalue weighted by Gasteiger charge is -2.13. The fraction of sp³-hybridized carbons (Fsp3) is 0.294. The maximum absolute atomic E-state index is 14.0. The van der Waals surface area contributed by atoms with Crippen molar-refractivity contribution >= 4 is 0 Å². The standard InChI is InChI=1S/C17H19F/c1-11(2)14-8-9-17(18)16(10-14)15-7-5-6-12(3)13(15)4/h5-11H,1-4H3. The third-order valence-electron chi connectivity index (χ3n) is 3.55. The van der Waals surface area contributed by atoms with Gasteiger partial charge in [-0.3, -0.25) is 0 Å². The minimum absolute atomic E-state index is 0.145. The van der Waals surface area contributed by atoms with E-state index in [1.54, 1.807) is 6.07 Å². The smallest absolute Gasteiger partial charge is 0.131 e. The van der Waals surface area contributed by atoms with Crippen molar-refractivity contribution in [2.24, 2.45) is 0 Å². The van der Waals surface area contributed by atoms with Gasteiger partial charge in [-0.25, -0.2) is 4.39 Å². The van der Waals surface area contributed by atoms with Crippen LogP contribution in [0.3, 0.4) is 0 Å². The second-order valence-electron chi connectivity index (χ2n) is 5.14. The molecule has 0 unspecified atom stereocenters. The average Bonchev–Trinajstić information content (AvgIpc) is 2.33. The van der Waals surface area contributed by atoms with Crippen LogP contribution in [0, 0.1) is 19.7 Å². The van der Waals surface area contributed by atoms with Crippen molar-refractivity contribution in [3.8, 4) is 11.1 Å². The van der Waals surface area contributed by atoms with E-state index in [0.29, 0.717) is 11.5 Å². The highest BCUT2D eigenvalue weighted by Crippen LogP contribution is 2.30. The van der Waals surface area contributed by atoms with Gasteiger partial charge in [0.1, 0.15) is 5.82 Å². The summed E-state index contributed by atoms with van der Waals surface area (Å²) in [6.07, 6.45) is 0. The summed E-state index contributed by atoms with van der Waals surface area (Å²) in [5.41, 5.74) is 5.23. The summed E-state index contributed by atoms with van der Waals surface area (Å²) in [6.45, 7) is 8.36. The predicted molar refractivity (Wildman–Crippen MR) is 75.4 cm³/mol. The van der Waals surface area contributed by atoms with Gasteiger partial charge in [0.15, 0.2) is 0 Å². The van der Waals surface area contributed by atoms with Crippen molar-refractivity contribution in [2.75, 3.05) is 0 Å². The van der Waals surface area contributed by atoms with Crippen LogP contribution in [0.4, 0.5) is 4.39 Å². The summed E-state index contributed by atoms with van der Waals surface area (Å²) < 4.78 is 14.0. The second kappa shape index (κ2) is 4.93. The third-order valence-corrected chi connectivity index (χ3v) is 3.55. The molecule has 0 aromatic heterocycles. The fourth-order valence-corrected chi connectivity index (χ4v) is 2.15. The maximum atomic E-state index is 14.0. The molecule has 94 valence electrons. The summed E-state index contributed by atoms with van der Waals surface area (Å²) in [5, 5.41) is 0. The summed E-state index contributed by atoms with van der Waals surface area (Å²) in [5.74, 6) is 0.266. The molecule has 0 amide bonds. The molecule has 1 heteroatoms. The van der Waals surface area contributed by atoms with E-state index in [2.05, 4.69) is 26.8 Å². The number of halogens is 1. The molecule has 0 radical (unpaired) electrons. The lowest BCUT2D eigenvalue weighted by Crippen LogP contribution is -1.94. The number of rotatable bonds is 2. The van der Waals surface area contributed by atoms with Crippen LogP contribution in [-0.2, 0) is 0 Å². The highest BCUT2D eigenvalue weighted by atomic mass is 19.1. The minimum Gasteiger partial charge on any atom is -0.206 e. The summed E-state index contributed by atoms with van der Waals surface area (Å²) in [7, 11) is 0. The van der Waals surface area contributed by atoms with Crippen LogP contribution in [0.1, 0.15) is 36.5 Å². The van der Waals surface area contributed by atoms with Gasteiger partial charge in [-0.05, 0) is 54.2 Å². The van der Waals surface area contributed by atoms with E-state index in [0.717, 1.165) is 11.1 Å². The number of aryl methyl sites for hydroxylation is 1. The Morgan fingerprint density at radius 3 is 2.33 bits per heavy atom. The Balaban J connectivity index is 2.63. The van der Waals surface area contributed by atoms with Crippen LogP contribution in [0.25, 0.3) is 11.1 Å². The molecular formula is C17H19F. The second-order valence-corrected chi connectivity index (χ2v) is 5.14. The van der Waals surface area contributed by atoms with E-state index in [1.165, 1.54) is 11.1 Å². The molecule has 0 aliphatic carbocycles. The van der Waals surface area contributed by atoms with Crippen LogP contribution in [0.15, 0.2) is 36.4 Å². The SMILES string of the molecule is Cc1cccc(-c2cc(C(C)C)ccc2F)c1C. The van der Waals surface area contributed by atoms with Gasteiger partial charge in [0.25, 0.3) is 0 Å². The Morgan fingerprint density at radius 1 is 0.944 bits per heavy atom. The summed E-state index contributed by atoms with van der Waals surface area (Å²) >= 11 is 0. The highest BCUT2D eigenvalue weighted by Gasteiger charge is 2.11. The van der Waals surface area contributed by atoms with E-state index in [9.17, 15) is 4.39 Å². The molecule has 0 saturated heterocycles. The van der Waals surface area contributed by atoms with Crippen molar-refractivity contribution < 1.29 is 4.39 Å². The summed E-state index contributed by atoms with van der Waals surface area (Å²) in [4.78, 5) is 0. The number of hydrogen-bond acceptors (Lipinski definition) is 0. The molecule has 2 rings (SSSR count). The average molecular weight is 242 g/mol. The number of hydrogen-bond donors (Lipinski definition) is 0. The molecule has 0 aliphatic heterocycles. The fourth-order valence-electron chi connectivity index (χ4n) is 2.15. The molecule has 0 nitrogen and oxygen atoms in total. The topological polar surface area (TPSA) is 0 Å². The molecule has 0 N–H and O–H groups in total. The van der Waals surface area contributed by atoms with Crippen LogP contribution in [-0.4, -0.2) is 0 Å². The Hall–Kier alpha value is -1.63. The lowest BCUT2D eigenvalue weighted by molar-refractivity contribution is 0.629. The molecule has 0 atom stereocenters. The van der Waals surface area contributed by atoms with Gasteiger partial charge in [0.05, 0.1) is 0 Å². The van der Waals surface area contributed by atoms with Crippen LogP contribution >= 0.6 is 0 Å². The first-order valence-electron chi connectivity index (χ1n) is 6.36. The third kappa shape index (κ3) is 2.31. The highest BCUT2D eigenvalue weighted by molar-refractivity contribution is 5.69. The first-order valence-corrected chi connectivity index (χ1v) is 6.36. The maximum Gasteiger partial charge on any atom is 0.131 e. The molecule has 2 aromatic rings. The molecule has 2 aromatic carbocycles. The molecule has 0 aliphatic rings. The Bertz CT molecular complexity index is 568. The zero-order valence-electron chi connectivity index (χ0n) is 11.4. The Labute approximate surface area is 108 Å². The van der Waals surface area contributed by atoms with Crippen molar-refractivity contribution in [3.63, 3.8) is 0 Å². The van der Waals surface area contributed by atoms with E-state index < -0.39 is 0 Å². The van der Waals surface area contributed by atoms with Gasteiger partial charge in [-0.15, -0.1) is 0 Å². The van der Waals surface area contributed by atoms with Crippen LogP contribution < -0.4 is 0 Å². The van der Waals surface area contributed by atoms with Crippen LogP contribution in [0.2, 0.25) is 0 Å². The first-order chi connectivity index (χ1) is 8.50. The molecule has 0 fully saturated rings. The first kappa shape index (κ1) is 12.8. The largest absolute Gasteiger partial charge is 0.206 e. The van der Waals surface area contributed by atoms with Gasteiger partial charge < -0.3 is 0 Å². The van der Waals surface area contributed by atoms with Gasteiger partial charge >= 0.3 is 0 Å². The minimum atomic E-state index is -0.145. The lowest BCUT2D eigenvalue weighted by atomic mass is 9.93. The van der Waals surface area contributed by atoms with Crippen LogP contribution in [0.5, 0.6) is 0 Å². The van der Waals surface area contributed by atoms with Gasteiger partial charge in [-0.2, -0.15) is 0 Å². The van der Waals surface area contributed by atoms with E-state index >= 15 is 0 Å². The molecular weight excluding hydrogens is 223 g/mol. The van der Waals surface area contributed by atoms with E-state index in [-0.39, 0.29) is 5.82 Å². The van der Waals surface area contributed by atoms with E-state index in [4.69, 9.17) is 0 Å². The normalized spacial score (nSPS) is 11.0. The molecule has 0 bridgehead atoms. The zero-order chi connectivity index (χ0) is 13.3. The van der Waals surface area contributed by atoms with Crippen molar-refractivity contribution in [1.82, 2.24) is 0 Å². The Morgan fingerprint density at radius 2 is 1.67 bits per heavy atom. The van der Waals surface area contributed by atoms with Crippen molar-refractivity contribution in [1.29, 1.82) is 0 Å². The predicted octanol–water partition coefficient (Wildman–Crippen LogP) is 5.23. The monoisotopic (exact) mass is 242 g/mol. The van der Waals surface area contributed by atoms with Gasteiger partial charge in [0.2, 0.25) is 0 Å². The zero-order valence-corrected chi connectivity index (χ0v) is 11.4. The quantitative estimate of drug-likeness (QED) is 0.676. The number of benzene rings is 2. The molecule has 0 spiro atoms. The van der Waals surface area contributed by atoms with Gasteiger partial charge in [-0.1, -0.05) is 38.1 Å². The summed E-state index contributed by atoms with van der Waals surface area (Å²) in [6, 6.07) is 11.5. The molecule has 18 heavy (non-hydrogen) atoms. The Kier molecular flexibility index (Phi) is 3.51. The van der Waals surface area contributed by atoms with E-state index in [1.807, 2.05) is 31.2 Å². The van der Waals surface area contributed by atoms with Gasteiger partial charge in [0, 0.05) is 5.56 Å². The molecule has 0 saturated carbocycles.